The highest BCUT2D eigenvalue weighted by atomic mass is 15.2. The molecule has 6 aromatic carbocycles. The molecule has 0 spiro atoms. The molecule has 0 fully saturated rings. The summed E-state index contributed by atoms with van der Waals surface area (Å²) >= 11 is 0. The molecule has 0 saturated heterocycles. The first-order valence-electron chi connectivity index (χ1n) is 15.8. The molecule has 2 aliphatic rings. The fraction of sp³-hybridized carbons (Fsp3) is 0.0698. The van der Waals surface area contributed by atoms with Crippen molar-refractivity contribution in [3.8, 4) is 11.1 Å². The molecule has 0 aromatic heterocycles. The molecule has 0 atom stereocenters. The van der Waals surface area contributed by atoms with Gasteiger partial charge in [-0.05, 0) is 82.9 Å². The van der Waals surface area contributed by atoms with Crippen LogP contribution >= 0.6 is 0 Å². The van der Waals surface area contributed by atoms with E-state index in [9.17, 15) is 0 Å². The summed E-state index contributed by atoms with van der Waals surface area (Å²) < 4.78 is 0. The van der Waals surface area contributed by atoms with Crippen LogP contribution in [0.15, 0.2) is 158 Å². The first kappa shape index (κ1) is 27.0. The van der Waals surface area contributed by atoms with E-state index >= 15 is 0 Å². The number of nitrogens with zero attached hydrogens (tertiary/aromatic N) is 2. The molecule has 216 valence electrons. The summed E-state index contributed by atoms with van der Waals surface area (Å²) in [6.07, 6.45) is 7.65. The molecule has 0 aliphatic heterocycles. The molecular weight excluding hydrogens is 544 g/mol. The van der Waals surface area contributed by atoms with Gasteiger partial charge in [-0.15, -0.1) is 0 Å². The van der Waals surface area contributed by atoms with E-state index in [1.807, 2.05) is 0 Å². The summed E-state index contributed by atoms with van der Waals surface area (Å²) in [7, 11) is 0. The number of para-hydroxylation sites is 2. The summed E-state index contributed by atoms with van der Waals surface area (Å²) in [4.78, 5) is 4.84. The number of hydrogen-bond donors (Lipinski definition) is 0. The van der Waals surface area contributed by atoms with Gasteiger partial charge in [0.05, 0.1) is 0 Å². The third-order valence-corrected chi connectivity index (χ3v) is 8.96. The second-order valence-electron chi connectivity index (χ2n) is 11.7. The molecule has 2 heteroatoms. The minimum Gasteiger partial charge on any atom is -0.314 e. The van der Waals surface area contributed by atoms with Gasteiger partial charge in [-0.1, -0.05) is 121 Å². The van der Waals surface area contributed by atoms with Crippen LogP contribution in [0.5, 0.6) is 0 Å². The molecule has 0 bridgehead atoms. The zero-order chi connectivity index (χ0) is 30.0. The predicted octanol–water partition coefficient (Wildman–Crippen LogP) is 8.01. The molecule has 0 radical (unpaired) electrons. The van der Waals surface area contributed by atoms with Crippen LogP contribution in [0.2, 0.25) is 0 Å². The van der Waals surface area contributed by atoms with E-state index in [0.717, 1.165) is 19.3 Å². The Bertz CT molecular complexity index is 2220. The van der Waals surface area contributed by atoms with E-state index < -0.39 is 0 Å². The van der Waals surface area contributed by atoms with Crippen molar-refractivity contribution >= 4 is 46.3 Å². The molecule has 8 rings (SSSR count). The van der Waals surface area contributed by atoms with Crippen molar-refractivity contribution in [2.24, 2.45) is 0 Å². The highest BCUT2D eigenvalue weighted by molar-refractivity contribution is 5.85. The molecule has 0 unspecified atom stereocenters. The number of benzene rings is 6. The van der Waals surface area contributed by atoms with Crippen LogP contribution in [-0.2, 0) is 0 Å². The van der Waals surface area contributed by atoms with Crippen molar-refractivity contribution in [2.75, 3.05) is 9.80 Å². The van der Waals surface area contributed by atoms with Gasteiger partial charge in [-0.25, -0.2) is 0 Å². The van der Waals surface area contributed by atoms with Crippen LogP contribution in [0.4, 0.5) is 22.7 Å². The zero-order valence-electron chi connectivity index (χ0n) is 25.2. The van der Waals surface area contributed by atoms with Gasteiger partial charge in [0.1, 0.15) is 0 Å². The highest BCUT2D eigenvalue weighted by Gasteiger charge is 2.19. The SMILES string of the molecule is C1=c2ccccc2=C(N(c2ccccc2)c2ccc(-c3ccc(N(C4=c5ccccc5=CCC4)c4ccccc4)cc3)cc2)C1. The van der Waals surface area contributed by atoms with Gasteiger partial charge in [0, 0.05) is 51.0 Å². The normalized spacial score (nSPS) is 13.3. The monoisotopic (exact) mass is 578 g/mol. The summed E-state index contributed by atoms with van der Waals surface area (Å²) in [5, 5.41) is 5.25. The van der Waals surface area contributed by atoms with Crippen LogP contribution in [0.25, 0.3) is 34.7 Å². The van der Waals surface area contributed by atoms with Gasteiger partial charge in [-0.3, -0.25) is 0 Å². The smallest absolute Gasteiger partial charge is 0.0459 e. The minimum absolute atomic E-state index is 0.914. The van der Waals surface area contributed by atoms with Gasteiger partial charge in [0.2, 0.25) is 0 Å². The summed E-state index contributed by atoms with van der Waals surface area (Å²) in [5.74, 6) is 0. The third-order valence-electron chi connectivity index (χ3n) is 8.96. The number of hydrogen-bond acceptors (Lipinski definition) is 2. The third kappa shape index (κ3) is 5.15. The minimum atomic E-state index is 0.914. The van der Waals surface area contributed by atoms with E-state index in [1.165, 1.54) is 66.1 Å². The average Bonchev–Trinajstić information content (AvgIpc) is 3.54. The van der Waals surface area contributed by atoms with Crippen LogP contribution in [0.1, 0.15) is 19.3 Å². The second-order valence-corrected chi connectivity index (χ2v) is 11.7. The van der Waals surface area contributed by atoms with Gasteiger partial charge in [0.25, 0.3) is 0 Å². The van der Waals surface area contributed by atoms with Crippen LogP contribution < -0.4 is 30.7 Å². The lowest BCUT2D eigenvalue weighted by atomic mass is 10.0. The first-order valence-corrected chi connectivity index (χ1v) is 15.8. The molecular formula is C43H34N2. The van der Waals surface area contributed by atoms with Crippen LogP contribution in [-0.4, -0.2) is 0 Å². The topological polar surface area (TPSA) is 6.48 Å². The van der Waals surface area contributed by atoms with Crippen molar-refractivity contribution < 1.29 is 0 Å². The van der Waals surface area contributed by atoms with E-state index in [0.29, 0.717) is 0 Å². The van der Waals surface area contributed by atoms with Crippen LogP contribution in [0, 0.1) is 0 Å². The molecule has 2 aliphatic carbocycles. The Hall–Kier alpha value is -5.60. The predicted molar refractivity (Wildman–Crippen MR) is 190 cm³/mol. The number of anilines is 4. The standard InChI is InChI=1S/C43H34N2/c1-3-15-36(16-4-1)44(42-21-11-14-34-12-7-9-19-40(34)42)38-27-22-32(23-28-38)33-24-29-39(30-25-33)45(37-17-5-2-6-18-37)43-31-26-35-13-8-10-20-41(35)43/h1-10,12-20,22-30H,11,21,31H2. The lowest BCUT2D eigenvalue weighted by Gasteiger charge is -2.29. The van der Waals surface area contributed by atoms with Gasteiger partial charge >= 0.3 is 0 Å². The number of rotatable bonds is 7. The van der Waals surface area contributed by atoms with Crippen molar-refractivity contribution in [1.82, 2.24) is 0 Å². The second kappa shape index (κ2) is 11.8. The molecule has 6 aromatic rings. The number of fused-ring (bicyclic) bond motifs is 2. The summed E-state index contributed by atoms with van der Waals surface area (Å²) in [6, 6.07) is 57.0. The van der Waals surface area contributed by atoms with E-state index in [1.54, 1.807) is 0 Å². The maximum absolute atomic E-state index is 2.43. The first-order chi connectivity index (χ1) is 22.3. The van der Waals surface area contributed by atoms with Crippen molar-refractivity contribution in [1.29, 1.82) is 0 Å². The van der Waals surface area contributed by atoms with Crippen molar-refractivity contribution in [3.05, 3.63) is 179 Å². The Morgan fingerprint density at radius 2 is 0.778 bits per heavy atom. The van der Waals surface area contributed by atoms with Crippen molar-refractivity contribution in [3.63, 3.8) is 0 Å². The van der Waals surface area contributed by atoms with Gasteiger partial charge < -0.3 is 9.80 Å². The summed E-state index contributed by atoms with van der Waals surface area (Å²) in [6.45, 7) is 0. The highest BCUT2D eigenvalue weighted by Crippen LogP contribution is 2.36. The van der Waals surface area contributed by atoms with Gasteiger partial charge in [-0.2, -0.15) is 0 Å². The Morgan fingerprint density at radius 3 is 1.33 bits per heavy atom. The Kier molecular flexibility index (Phi) is 7.09. The Labute approximate surface area is 264 Å². The van der Waals surface area contributed by atoms with Crippen molar-refractivity contribution in [2.45, 2.75) is 19.3 Å². The molecule has 0 amide bonds. The molecule has 2 nitrogen and oxygen atoms in total. The van der Waals surface area contributed by atoms with E-state index in [4.69, 9.17) is 0 Å². The average molecular weight is 579 g/mol. The largest absolute Gasteiger partial charge is 0.314 e. The lowest BCUT2D eigenvalue weighted by Crippen LogP contribution is -2.34. The fourth-order valence-electron chi connectivity index (χ4n) is 6.82. The van der Waals surface area contributed by atoms with Crippen LogP contribution in [0.3, 0.4) is 0 Å². The fourth-order valence-corrected chi connectivity index (χ4v) is 6.82. The zero-order valence-corrected chi connectivity index (χ0v) is 25.2. The quantitative estimate of drug-likeness (QED) is 0.189. The maximum atomic E-state index is 2.43. The molecule has 0 N–H and O–H groups in total. The Morgan fingerprint density at radius 1 is 0.356 bits per heavy atom. The lowest BCUT2D eigenvalue weighted by molar-refractivity contribution is 1.03. The molecule has 0 saturated carbocycles. The maximum Gasteiger partial charge on any atom is 0.0459 e. The van der Waals surface area contributed by atoms with E-state index in [2.05, 4.69) is 180 Å². The molecule has 45 heavy (non-hydrogen) atoms. The van der Waals surface area contributed by atoms with E-state index in [-0.39, 0.29) is 0 Å². The molecule has 0 heterocycles. The Balaban J connectivity index is 1.16. The summed E-state index contributed by atoms with van der Waals surface area (Å²) in [5.41, 5.74) is 9.78. The van der Waals surface area contributed by atoms with Gasteiger partial charge in [0.15, 0.2) is 0 Å².